The molecule has 1 saturated heterocycles. The minimum atomic E-state index is -0.759. The van der Waals surface area contributed by atoms with Crippen LogP contribution in [0.15, 0.2) is 22.9 Å². The Morgan fingerprint density at radius 2 is 2.33 bits per heavy atom. The number of rotatable bonds is 4. The summed E-state index contributed by atoms with van der Waals surface area (Å²) >= 11 is 3.36. The van der Waals surface area contributed by atoms with Crippen LogP contribution < -0.4 is 5.32 Å². The Labute approximate surface area is 100 Å². The SMILES string of the molecule is O=S(Cc1cncc(Br)c1)CC1CNC1. The summed E-state index contributed by atoms with van der Waals surface area (Å²) in [4.78, 5) is 4.06. The molecule has 0 saturated carbocycles. The fraction of sp³-hybridized carbons (Fsp3) is 0.500. The normalized spacial score (nSPS) is 18.5. The lowest BCUT2D eigenvalue weighted by atomic mass is 10.1. The average Bonchev–Trinajstić information content (AvgIpc) is 2.11. The van der Waals surface area contributed by atoms with E-state index in [9.17, 15) is 4.21 Å². The number of nitrogens with one attached hydrogen (secondary N) is 1. The monoisotopic (exact) mass is 288 g/mol. The molecule has 0 aliphatic carbocycles. The van der Waals surface area contributed by atoms with Gasteiger partial charge in [-0.2, -0.15) is 0 Å². The fourth-order valence-corrected chi connectivity index (χ4v) is 3.33. The van der Waals surface area contributed by atoms with Gasteiger partial charge in [0, 0.05) is 46.5 Å². The van der Waals surface area contributed by atoms with Gasteiger partial charge in [0.1, 0.15) is 0 Å². The molecule has 1 N–H and O–H groups in total. The van der Waals surface area contributed by atoms with Gasteiger partial charge in [-0.15, -0.1) is 0 Å². The molecule has 2 heterocycles. The number of pyridine rings is 1. The summed E-state index contributed by atoms with van der Waals surface area (Å²) in [6, 6.07) is 1.98. The van der Waals surface area contributed by atoms with E-state index in [1.807, 2.05) is 6.07 Å². The van der Waals surface area contributed by atoms with E-state index in [0.717, 1.165) is 28.9 Å². The Bertz CT molecular complexity index is 368. The first-order chi connectivity index (χ1) is 7.24. The van der Waals surface area contributed by atoms with Crippen LogP contribution in [0.5, 0.6) is 0 Å². The maximum atomic E-state index is 11.8. The van der Waals surface area contributed by atoms with E-state index >= 15 is 0 Å². The van der Waals surface area contributed by atoms with Gasteiger partial charge in [0.2, 0.25) is 0 Å². The Balaban J connectivity index is 1.87. The molecule has 1 aliphatic heterocycles. The van der Waals surface area contributed by atoms with Crippen molar-refractivity contribution in [3.05, 3.63) is 28.5 Å². The van der Waals surface area contributed by atoms with E-state index in [2.05, 4.69) is 26.2 Å². The molecule has 15 heavy (non-hydrogen) atoms. The van der Waals surface area contributed by atoms with Crippen molar-refractivity contribution >= 4 is 26.7 Å². The van der Waals surface area contributed by atoms with Crippen LogP contribution in [0.4, 0.5) is 0 Å². The van der Waals surface area contributed by atoms with Gasteiger partial charge < -0.3 is 5.32 Å². The maximum absolute atomic E-state index is 11.8. The third-order valence-corrected chi connectivity index (χ3v) is 4.31. The summed E-state index contributed by atoms with van der Waals surface area (Å²) in [6.07, 6.45) is 3.52. The summed E-state index contributed by atoms with van der Waals surface area (Å²) in [6.45, 7) is 2.03. The Hall–Kier alpha value is -0.260. The van der Waals surface area contributed by atoms with Crippen molar-refractivity contribution in [2.24, 2.45) is 5.92 Å². The van der Waals surface area contributed by atoms with E-state index < -0.39 is 10.8 Å². The summed E-state index contributed by atoms with van der Waals surface area (Å²) in [7, 11) is -0.759. The number of aromatic nitrogens is 1. The predicted molar refractivity (Wildman–Crippen MR) is 65.0 cm³/mol. The van der Waals surface area contributed by atoms with Crippen LogP contribution in [0, 0.1) is 5.92 Å². The zero-order valence-corrected chi connectivity index (χ0v) is 10.7. The third kappa shape index (κ3) is 3.36. The highest BCUT2D eigenvalue weighted by Crippen LogP contribution is 2.13. The lowest BCUT2D eigenvalue weighted by Crippen LogP contribution is -2.44. The smallest absolute Gasteiger partial charge is 0.0501 e. The second-order valence-corrected chi connectivity index (χ2v) is 6.20. The van der Waals surface area contributed by atoms with Gasteiger partial charge >= 0.3 is 0 Å². The average molecular weight is 289 g/mol. The van der Waals surface area contributed by atoms with E-state index in [4.69, 9.17) is 0 Å². The van der Waals surface area contributed by atoms with E-state index in [1.54, 1.807) is 12.4 Å². The highest BCUT2D eigenvalue weighted by molar-refractivity contribution is 9.10. The van der Waals surface area contributed by atoms with Crippen LogP contribution in [0.2, 0.25) is 0 Å². The van der Waals surface area contributed by atoms with E-state index in [0.29, 0.717) is 11.7 Å². The minimum Gasteiger partial charge on any atom is -0.316 e. The molecule has 2 rings (SSSR count). The summed E-state index contributed by atoms with van der Waals surface area (Å²) < 4.78 is 12.7. The Morgan fingerprint density at radius 1 is 1.53 bits per heavy atom. The van der Waals surface area contributed by atoms with Gasteiger partial charge in [-0.1, -0.05) is 0 Å². The topological polar surface area (TPSA) is 42.0 Å². The second kappa shape index (κ2) is 5.18. The van der Waals surface area contributed by atoms with Gasteiger partial charge in [0.15, 0.2) is 0 Å². The number of nitrogens with zero attached hydrogens (tertiary/aromatic N) is 1. The quantitative estimate of drug-likeness (QED) is 0.909. The molecule has 82 valence electrons. The lowest BCUT2D eigenvalue weighted by molar-refractivity contribution is 0.382. The van der Waals surface area contributed by atoms with Crippen molar-refractivity contribution in [2.45, 2.75) is 5.75 Å². The maximum Gasteiger partial charge on any atom is 0.0501 e. The Morgan fingerprint density at radius 3 is 2.93 bits per heavy atom. The van der Waals surface area contributed by atoms with Gasteiger partial charge in [-0.05, 0) is 33.5 Å². The molecular formula is C10H13BrN2OS. The highest BCUT2D eigenvalue weighted by atomic mass is 79.9. The molecule has 3 nitrogen and oxygen atoms in total. The highest BCUT2D eigenvalue weighted by Gasteiger charge is 2.19. The molecule has 5 heteroatoms. The third-order valence-electron chi connectivity index (χ3n) is 2.38. The molecular weight excluding hydrogens is 276 g/mol. The zero-order valence-electron chi connectivity index (χ0n) is 8.28. The van der Waals surface area contributed by atoms with Crippen molar-refractivity contribution in [1.29, 1.82) is 0 Å². The minimum absolute atomic E-state index is 0.603. The number of hydrogen-bond donors (Lipinski definition) is 1. The first-order valence-corrected chi connectivity index (χ1v) is 7.17. The summed E-state index contributed by atoms with van der Waals surface area (Å²) in [5, 5.41) is 3.19. The van der Waals surface area contributed by atoms with Crippen molar-refractivity contribution in [3.8, 4) is 0 Å². The first kappa shape index (κ1) is 11.2. The van der Waals surface area contributed by atoms with Crippen LogP contribution in [-0.4, -0.2) is 28.0 Å². The van der Waals surface area contributed by atoms with Crippen LogP contribution in [-0.2, 0) is 16.6 Å². The molecule has 1 unspecified atom stereocenters. The summed E-state index contributed by atoms with van der Waals surface area (Å²) in [5.41, 5.74) is 1.04. The molecule has 1 aromatic rings. The second-order valence-electron chi connectivity index (χ2n) is 3.79. The molecule has 1 atom stereocenters. The van der Waals surface area contributed by atoms with Crippen molar-refractivity contribution < 1.29 is 4.21 Å². The zero-order chi connectivity index (χ0) is 10.7. The van der Waals surface area contributed by atoms with Crippen LogP contribution in [0.1, 0.15) is 5.56 Å². The van der Waals surface area contributed by atoms with Crippen molar-refractivity contribution in [2.75, 3.05) is 18.8 Å². The summed E-state index contributed by atoms with van der Waals surface area (Å²) in [5.74, 6) is 2.02. The van der Waals surface area contributed by atoms with Crippen LogP contribution in [0.3, 0.4) is 0 Å². The number of halogens is 1. The first-order valence-electron chi connectivity index (χ1n) is 4.89. The van der Waals surface area contributed by atoms with Crippen LogP contribution >= 0.6 is 15.9 Å². The van der Waals surface area contributed by atoms with E-state index in [1.165, 1.54) is 0 Å². The van der Waals surface area contributed by atoms with E-state index in [-0.39, 0.29) is 0 Å². The Kier molecular flexibility index (Phi) is 3.88. The van der Waals surface area contributed by atoms with Gasteiger partial charge in [0.05, 0.1) is 5.75 Å². The molecule has 0 spiro atoms. The van der Waals surface area contributed by atoms with Gasteiger partial charge in [-0.25, -0.2) is 0 Å². The van der Waals surface area contributed by atoms with Crippen molar-refractivity contribution in [3.63, 3.8) is 0 Å². The molecule has 1 aromatic heterocycles. The lowest BCUT2D eigenvalue weighted by Gasteiger charge is -2.26. The van der Waals surface area contributed by atoms with Crippen LogP contribution in [0.25, 0.3) is 0 Å². The molecule has 0 radical (unpaired) electrons. The molecule has 0 aromatic carbocycles. The molecule has 1 fully saturated rings. The predicted octanol–water partition coefficient (Wildman–Crippen LogP) is 1.31. The standard InChI is InChI=1S/C10H13BrN2OS/c11-10-1-8(2-13-5-10)6-15(14)7-9-3-12-4-9/h1-2,5,9,12H,3-4,6-7H2. The van der Waals surface area contributed by atoms with Gasteiger partial charge in [-0.3, -0.25) is 9.19 Å². The van der Waals surface area contributed by atoms with Crippen molar-refractivity contribution in [1.82, 2.24) is 10.3 Å². The van der Waals surface area contributed by atoms with Gasteiger partial charge in [0.25, 0.3) is 0 Å². The molecule has 1 aliphatic rings. The molecule has 0 amide bonds. The number of hydrogen-bond acceptors (Lipinski definition) is 3. The fourth-order valence-electron chi connectivity index (χ4n) is 1.51. The largest absolute Gasteiger partial charge is 0.316 e. The molecule has 0 bridgehead atoms.